The van der Waals surface area contributed by atoms with Crippen LogP contribution in [0.3, 0.4) is 0 Å². The largest absolute Gasteiger partial charge is 0.379 e. The monoisotopic (exact) mass is 756 g/mol. The van der Waals surface area contributed by atoms with Crippen molar-refractivity contribution in [3.05, 3.63) is 84.9 Å². The van der Waals surface area contributed by atoms with E-state index in [1.807, 2.05) is 26.0 Å². The molecule has 2 fully saturated rings. The average molecular weight is 757 g/mol. The molecular weight excluding hydrogens is 720 g/mol. The van der Waals surface area contributed by atoms with E-state index < -0.39 is 28.4 Å². The van der Waals surface area contributed by atoms with Crippen molar-refractivity contribution in [3.63, 3.8) is 0 Å². The molecule has 4 aliphatic rings. The van der Waals surface area contributed by atoms with Crippen LogP contribution in [0.5, 0.6) is 0 Å². The fourth-order valence-electron chi connectivity index (χ4n) is 7.66. The van der Waals surface area contributed by atoms with Gasteiger partial charge in [0.1, 0.15) is 18.5 Å². The molecule has 17 nitrogen and oxygen atoms in total. The molecule has 0 atom stereocenters. The molecule has 1 N–H and O–H groups in total. The summed E-state index contributed by atoms with van der Waals surface area (Å²) in [7, 11) is 0. The number of piperidine rings is 1. The quantitative estimate of drug-likeness (QED) is 0.272. The molecule has 0 bridgehead atoms. The lowest BCUT2D eigenvalue weighted by molar-refractivity contribution is -0.168. The van der Waals surface area contributed by atoms with Crippen LogP contribution in [0.25, 0.3) is 11.4 Å². The van der Waals surface area contributed by atoms with E-state index in [2.05, 4.69) is 25.6 Å². The number of aromatic nitrogens is 6. The number of likely N-dealkylation sites (tertiary alicyclic amines) is 1. The zero-order valence-corrected chi connectivity index (χ0v) is 30.7. The Labute approximate surface area is 313 Å². The number of aryl methyl sites for hydroxylation is 2. The Bertz CT molecular complexity index is 2340. The zero-order valence-electron chi connectivity index (χ0n) is 29.9. The number of carbonyl (C=O) groups is 3. The highest BCUT2D eigenvalue weighted by atomic mass is 35.5. The van der Waals surface area contributed by atoms with Crippen molar-refractivity contribution in [2.24, 2.45) is 10.6 Å². The first-order valence-electron chi connectivity index (χ1n) is 17.6. The number of halogens is 1. The van der Waals surface area contributed by atoms with Crippen molar-refractivity contribution in [1.82, 2.24) is 38.9 Å². The molecule has 54 heavy (non-hydrogen) atoms. The van der Waals surface area contributed by atoms with Crippen LogP contribution in [-0.4, -0.2) is 96.0 Å². The summed E-state index contributed by atoms with van der Waals surface area (Å²) in [6.07, 6.45) is 4.10. The van der Waals surface area contributed by atoms with Gasteiger partial charge in [0.05, 0.1) is 52.9 Å². The second-order valence-electron chi connectivity index (χ2n) is 14.5. The average Bonchev–Trinajstić information content (AvgIpc) is 3.77. The minimum Gasteiger partial charge on any atom is -0.379 e. The van der Waals surface area contributed by atoms with Gasteiger partial charge >= 0.3 is 0 Å². The van der Waals surface area contributed by atoms with Crippen LogP contribution in [0, 0.1) is 24.2 Å². The number of hydrogen-bond donors (Lipinski definition) is 1. The van der Waals surface area contributed by atoms with Gasteiger partial charge in [-0.2, -0.15) is 9.50 Å². The van der Waals surface area contributed by atoms with Gasteiger partial charge in [0.15, 0.2) is 17.2 Å². The Balaban J connectivity index is 1.13. The van der Waals surface area contributed by atoms with Crippen LogP contribution in [0.4, 0.5) is 11.4 Å². The summed E-state index contributed by atoms with van der Waals surface area (Å²) < 4.78 is 14.6. The smallest absolute Gasteiger partial charge is 0.282 e. The number of nitroso groups, excluding NO2 is 1. The minimum atomic E-state index is -1.08. The standard InChI is InChI=1S/C36H37ClN10O7/c1-20-4-5-24(23(37)14-20)40-26(48)15-46-25-16-54-36(8-12-44(13-9-36)32(50)29-28(43-52)21(2)38-19-39-29)27(25)31(49)47-34(46)41-30(42-47)22-6-10-45(11-7-22)33(51)35(3)17-53-18-35/h4-6,14,19H,7-13,15-18H2,1-3H3,(H,40,48). The van der Waals surface area contributed by atoms with Gasteiger partial charge < -0.3 is 29.2 Å². The first-order valence-corrected chi connectivity index (χ1v) is 18.0. The maximum absolute atomic E-state index is 14.5. The number of ether oxygens (including phenoxy) is 2. The van der Waals surface area contributed by atoms with E-state index in [4.69, 9.17) is 26.1 Å². The van der Waals surface area contributed by atoms with E-state index in [9.17, 15) is 24.1 Å². The predicted molar refractivity (Wildman–Crippen MR) is 194 cm³/mol. The maximum Gasteiger partial charge on any atom is 0.282 e. The fourth-order valence-corrected chi connectivity index (χ4v) is 7.94. The van der Waals surface area contributed by atoms with Gasteiger partial charge in [0.25, 0.3) is 11.5 Å². The van der Waals surface area contributed by atoms with Gasteiger partial charge in [-0.1, -0.05) is 23.7 Å². The van der Waals surface area contributed by atoms with Crippen LogP contribution < -0.4 is 10.9 Å². The third-order valence-electron chi connectivity index (χ3n) is 10.8. The van der Waals surface area contributed by atoms with Gasteiger partial charge in [-0.25, -0.2) is 9.97 Å². The molecule has 1 spiro atoms. The second kappa shape index (κ2) is 13.5. The van der Waals surface area contributed by atoms with Crippen LogP contribution in [0.1, 0.15) is 65.0 Å². The lowest BCUT2D eigenvalue weighted by Gasteiger charge is -2.41. The molecule has 3 aromatic heterocycles. The van der Waals surface area contributed by atoms with Crippen LogP contribution in [0.2, 0.25) is 5.02 Å². The first-order chi connectivity index (χ1) is 25.9. The third-order valence-corrected chi connectivity index (χ3v) is 11.1. The van der Waals surface area contributed by atoms with Gasteiger partial charge in [-0.3, -0.25) is 19.2 Å². The van der Waals surface area contributed by atoms with Crippen LogP contribution in [0.15, 0.2) is 40.6 Å². The maximum atomic E-state index is 14.5. The lowest BCUT2D eigenvalue weighted by Crippen LogP contribution is -2.54. The molecule has 0 saturated carbocycles. The SMILES string of the molecule is Cc1ccc(NC(=O)Cn2c3c(c(=O)n4nc(C5=CCN(C(=O)C6(C)COC6)CC5)nc24)C2(CCN(C(=O)c4ncnc(C)c4N=O)CC2)OC3)c(Cl)c1. The Kier molecular flexibility index (Phi) is 8.89. The van der Waals surface area contributed by atoms with E-state index >= 15 is 0 Å². The van der Waals surface area contributed by atoms with E-state index in [0.29, 0.717) is 66.2 Å². The molecular formula is C36H37ClN10O7. The Morgan fingerprint density at radius 2 is 1.85 bits per heavy atom. The fraction of sp³-hybridized carbons (Fsp3) is 0.444. The summed E-state index contributed by atoms with van der Waals surface area (Å²) in [6.45, 7) is 7.17. The number of carbonyl (C=O) groups excluding carboxylic acids is 3. The van der Waals surface area contributed by atoms with Crippen molar-refractivity contribution in [3.8, 4) is 0 Å². The van der Waals surface area contributed by atoms with Gasteiger partial charge in [0, 0.05) is 26.2 Å². The van der Waals surface area contributed by atoms with Gasteiger partial charge in [-0.05, 0) is 68.5 Å². The lowest BCUT2D eigenvalue weighted by atomic mass is 9.85. The molecule has 0 unspecified atom stereocenters. The molecule has 0 radical (unpaired) electrons. The highest BCUT2D eigenvalue weighted by Crippen LogP contribution is 2.43. The predicted octanol–water partition coefficient (Wildman–Crippen LogP) is 3.30. The highest BCUT2D eigenvalue weighted by molar-refractivity contribution is 6.33. The van der Waals surface area contributed by atoms with Gasteiger partial charge in [0.2, 0.25) is 17.6 Å². The number of amides is 3. The molecule has 0 aliphatic carbocycles. The Morgan fingerprint density at radius 3 is 2.52 bits per heavy atom. The van der Waals surface area contributed by atoms with Crippen LogP contribution in [-0.2, 0) is 37.8 Å². The topological polar surface area (TPSA) is 196 Å². The van der Waals surface area contributed by atoms with E-state index in [-0.39, 0.29) is 62.1 Å². The minimum absolute atomic E-state index is 0.0162. The van der Waals surface area contributed by atoms with Gasteiger partial charge in [-0.15, -0.1) is 10.0 Å². The zero-order chi connectivity index (χ0) is 37.9. The van der Waals surface area contributed by atoms with Crippen molar-refractivity contribution in [1.29, 1.82) is 0 Å². The first kappa shape index (κ1) is 35.6. The highest BCUT2D eigenvalue weighted by Gasteiger charge is 2.48. The molecule has 18 heteroatoms. The molecule has 1 aromatic carbocycles. The number of rotatable bonds is 7. The van der Waals surface area contributed by atoms with E-state index in [1.165, 1.54) is 10.8 Å². The third kappa shape index (κ3) is 5.95. The van der Waals surface area contributed by atoms with Crippen molar-refractivity contribution < 1.29 is 23.9 Å². The molecule has 8 rings (SSSR count). The molecule has 4 aromatic rings. The number of benzene rings is 1. The summed E-state index contributed by atoms with van der Waals surface area (Å²) in [5.74, 6) is -0.349. The number of nitrogens with one attached hydrogen (secondary N) is 1. The Hall–Kier alpha value is -5.39. The van der Waals surface area contributed by atoms with Crippen LogP contribution >= 0.6 is 11.6 Å². The Morgan fingerprint density at radius 1 is 1.07 bits per heavy atom. The normalized spacial score (nSPS) is 18.6. The second-order valence-corrected chi connectivity index (χ2v) is 14.9. The van der Waals surface area contributed by atoms with Crippen molar-refractivity contribution in [2.45, 2.75) is 58.8 Å². The molecule has 7 heterocycles. The van der Waals surface area contributed by atoms with Crippen molar-refractivity contribution >= 4 is 52.0 Å². The number of nitrogens with zero attached hydrogens (tertiary/aromatic N) is 9. The summed E-state index contributed by atoms with van der Waals surface area (Å²) in [6, 6.07) is 5.31. The molecule has 3 amide bonds. The molecule has 2 saturated heterocycles. The van der Waals surface area contributed by atoms with E-state index in [0.717, 1.165) is 11.1 Å². The number of fused-ring (bicyclic) bond motifs is 3. The molecule has 4 aliphatic heterocycles. The number of anilines is 1. The van der Waals surface area contributed by atoms with Crippen molar-refractivity contribution in [2.75, 3.05) is 44.7 Å². The summed E-state index contributed by atoms with van der Waals surface area (Å²) in [4.78, 5) is 82.4. The summed E-state index contributed by atoms with van der Waals surface area (Å²) in [5, 5.41) is 10.9. The summed E-state index contributed by atoms with van der Waals surface area (Å²) >= 11 is 6.43. The van der Waals surface area contributed by atoms with E-state index in [1.54, 1.807) is 33.4 Å². The molecule has 280 valence electrons. The number of hydrogen-bond acceptors (Lipinski definition) is 12. The summed E-state index contributed by atoms with van der Waals surface area (Å²) in [5.41, 5.74) is 1.05.